The van der Waals surface area contributed by atoms with Crippen molar-refractivity contribution in [1.82, 2.24) is 15.1 Å². The van der Waals surface area contributed by atoms with E-state index in [9.17, 15) is 0 Å². The van der Waals surface area contributed by atoms with Gasteiger partial charge in [-0.1, -0.05) is 11.6 Å². The number of nitrogens with zero attached hydrogens (tertiary/aromatic N) is 2. The molecular formula is C10H16ClN3OS. The van der Waals surface area contributed by atoms with Gasteiger partial charge >= 0.3 is 0 Å². The summed E-state index contributed by atoms with van der Waals surface area (Å²) in [5.41, 5.74) is 0.997. The molecule has 2 heterocycles. The van der Waals surface area contributed by atoms with Crippen LogP contribution in [0.25, 0.3) is 0 Å². The Labute approximate surface area is 105 Å². The molecule has 1 saturated heterocycles. The second kappa shape index (κ2) is 5.40. The third-order valence-electron chi connectivity index (χ3n) is 2.76. The molecule has 0 bridgehead atoms. The standard InChI is InChI=1S/C10H16ClN3OS/c1-12-9(8-6-16-4-3-15-8)10-7(11)5-13-14(10)2/h5,8-9,12H,3-4,6H2,1-2H3. The van der Waals surface area contributed by atoms with Gasteiger partial charge in [0, 0.05) is 18.6 Å². The highest BCUT2D eigenvalue weighted by Crippen LogP contribution is 2.29. The molecule has 90 valence electrons. The molecular weight excluding hydrogens is 246 g/mol. The van der Waals surface area contributed by atoms with Gasteiger partial charge in [0.1, 0.15) is 0 Å². The Balaban J connectivity index is 2.21. The maximum Gasteiger partial charge on any atom is 0.0876 e. The van der Waals surface area contributed by atoms with Crippen molar-refractivity contribution >= 4 is 23.4 Å². The molecule has 0 saturated carbocycles. The maximum absolute atomic E-state index is 6.15. The van der Waals surface area contributed by atoms with Crippen LogP contribution in [-0.2, 0) is 11.8 Å². The van der Waals surface area contributed by atoms with Crippen molar-refractivity contribution in [1.29, 1.82) is 0 Å². The number of likely N-dealkylation sites (N-methyl/N-ethyl adjacent to an activating group) is 1. The second-order valence-electron chi connectivity index (χ2n) is 3.75. The summed E-state index contributed by atoms with van der Waals surface area (Å²) in [5, 5.41) is 8.13. The lowest BCUT2D eigenvalue weighted by atomic mass is 10.1. The highest BCUT2D eigenvalue weighted by Gasteiger charge is 2.29. The summed E-state index contributed by atoms with van der Waals surface area (Å²) >= 11 is 8.07. The van der Waals surface area contributed by atoms with Crippen LogP contribution in [-0.4, -0.2) is 41.0 Å². The van der Waals surface area contributed by atoms with Gasteiger partial charge in [-0.2, -0.15) is 16.9 Å². The zero-order valence-electron chi connectivity index (χ0n) is 9.44. The van der Waals surface area contributed by atoms with E-state index in [1.54, 1.807) is 6.20 Å². The third kappa shape index (κ3) is 2.37. The summed E-state index contributed by atoms with van der Waals surface area (Å²) in [5.74, 6) is 2.07. The van der Waals surface area contributed by atoms with Crippen LogP contribution in [0.15, 0.2) is 6.20 Å². The van der Waals surface area contributed by atoms with Crippen LogP contribution in [0.1, 0.15) is 11.7 Å². The van der Waals surface area contributed by atoms with E-state index in [1.807, 2.05) is 30.5 Å². The van der Waals surface area contributed by atoms with Gasteiger partial charge in [0.05, 0.1) is 35.7 Å². The average molecular weight is 262 g/mol. The van der Waals surface area contributed by atoms with Crippen molar-refractivity contribution in [2.45, 2.75) is 12.1 Å². The van der Waals surface area contributed by atoms with Crippen LogP contribution < -0.4 is 5.32 Å². The molecule has 2 rings (SSSR count). The minimum absolute atomic E-state index is 0.104. The summed E-state index contributed by atoms with van der Waals surface area (Å²) in [4.78, 5) is 0. The summed E-state index contributed by atoms with van der Waals surface area (Å²) in [6, 6.07) is 0.104. The Bertz CT molecular complexity index is 332. The number of rotatable bonds is 3. The van der Waals surface area contributed by atoms with Crippen molar-refractivity contribution in [2.75, 3.05) is 25.2 Å². The fourth-order valence-electron chi connectivity index (χ4n) is 1.97. The Kier molecular flexibility index (Phi) is 4.13. The first-order valence-corrected chi connectivity index (χ1v) is 6.81. The van der Waals surface area contributed by atoms with Gasteiger partial charge in [-0.3, -0.25) is 4.68 Å². The lowest BCUT2D eigenvalue weighted by Crippen LogP contribution is -2.37. The van der Waals surface area contributed by atoms with Gasteiger partial charge in [0.2, 0.25) is 0 Å². The highest BCUT2D eigenvalue weighted by molar-refractivity contribution is 7.99. The molecule has 0 aliphatic carbocycles. The maximum atomic E-state index is 6.15. The van der Waals surface area contributed by atoms with Gasteiger partial charge < -0.3 is 10.1 Å². The molecule has 0 spiro atoms. The number of ether oxygens (including phenoxy) is 1. The molecule has 0 amide bonds. The van der Waals surface area contributed by atoms with Crippen molar-refractivity contribution in [3.8, 4) is 0 Å². The van der Waals surface area contributed by atoms with Crippen molar-refractivity contribution < 1.29 is 4.74 Å². The van der Waals surface area contributed by atoms with E-state index in [4.69, 9.17) is 16.3 Å². The summed E-state index contributed by atoms with van der Waals surface area (Å²) in [7, 11) is 3.83. The van der Waals surface area contributed by atoms with E-state index >= 15 is 0 Å². The quantitative estimate of drug-likeness (QED) is 0.894. The molecule has 1 fully saturated rings. The Morgan fingerprint density at radius 1 is 1.75 bits per heavy atom. The first kappa shape index (κ1) is 12.2. The van der Waals surface area contributed by atoms with Crippen LogP contribution in [0.3, 0.4) is 0 Å². The van der Waals surface area contributed by atoms with Crippen LogP contribution >= 0.6 is 23.4 Å². The van der Waals surface area contributed by atoms with Crippen LogP contribution in [0, 0.1) is 0 Å². The molecule has 2 atom stereocenters. The van der Waals surface area contributed by atoms with E-state index in [1.165, 1.54) is 0 Å². The number of nitrogens with one attached hydrogen (secondary N) is 1. The molecule has 2 unspecified atom stereocenters. The third-order valence-corrected chi connectivity index (χ3v) is 4.07. The number of aromatic nitrogens is 2. The number of aryl methyl sites for hydroxylation is 1. The van der Waals surface area contributed by atoms with E-state index in [-0.39, 0.29) is 12.1 Å². The summed E-state index contributed by atoms with van der Waals surface area (Å²) in [6.07, 6.45) is 1.84. The second-order valence-corrected chi connectivity index (χ2v) is 5.31. The molecule has 0 aromatic carbocycles. The topological polar surface area (TPSA) is 39.1 Å². The number of hydrogen-bond donors (Lipinski definition) is 1. The summed E-state index contributed by atoms with van der Waals surface area (Å²) in [6.45, 7) is 0.809. The van der Waals surface area contributed by atoms with Crippen molar-refractivity contribution in [3.63, 3.8) is 0 Å². The van der Waals surface area contributed by atoms with Crippen LogP contribution in [0.4, 0.5) is 0 Å². The van der Waals surface area contributed by atoms with E-state index in [0.717, 1.165) is 23.8 Å². The zero-order chi connectivity index (χ0) is 11.5. The zero-order valence-corrected chi connectivity index (χ0v) is 11.0. The summed E-state index contributed by atoms with van der Waals surface area (Å²) < 4.78 is 7.59. The largest absolute Gasteiger partial charge is 0.374 e. The van der Waals surface area contributed by atoms with E-state index in [0.29, 0.717) is 5.02 Å². The minimum atomic E-state index is 0.104. The van der Waals surface area contributed by atoms with Gasteiger partial charge in [-0.15, -0.1) is 0 Å². The van der Waals surface area contributed by atoms with Gasteiger partial charge in [0.15, 0.2) is 0 Å². The molecule has 0 radical (unpaired) electrons. The fourth-order valence-corrected chi connectivity index (χ4v) is 3.15. The van der Waals surface area contributed by atoms with Crippen LogP contribution in [0.2, 0.25) is 5.02 Å². The molecule has 1 aromatic rings. The lowest BCUT2D eigenvalue weighted by molar-refractivity contribution is 0.0468. The average Bonchev–Trinajstić information content (AvgIpc) is 2.63. The Hall–Kier alpha value is -0.230. The van der Waals surface area contributed by atoms with E-state index in [2.05, 4.69) is 10.4 Å². The molecule has 4 nitrogen and oxygen atoms in total. The monoisotopic (exact) mass is 261 g/mol. The predicted molar refractivity (Wildman–Crippen MR) is 67.1 cm³/mol. The molecule has 16 heavy (non-hydrogen) atoms. The van der Waals surface area contributed by atoms with Crippen molar-refractivity contribution in [3.05, 3.63) is 16.9 Å². The van der Waals surface area contributed by atoms with Crippen LogP contribution in [0.5, 0.6) is 0 Å². The molecule has 1 aromatic heterocycles. The molecule has 6 heteroatoms. The lowest BCUT2D eigenvalue weighted by Gasteiger charge is -2.30. The molecule has 1 aliphatic rings. The number of thioether (sulfide) groups is 1. The SMILES string of the molecule is CNC(c1c(Cl)cnn1C)C1CSCCO1. The minimum Gasteiger partial charge on any atom is -0.374 e. The Morgan fingerprint density at radius 2 is 2.56 bits per heavy atom. The van der Waals surface area contributed by atoms with Gasteiger partial charge in [-0.05, 0) is 7.05 Å². The Morgan fingerprint density at radius 3 is 3.06 bits per heavy atom. The molecule has 1 aliphatic heterocycles. The first-order valence-electron chi connectivity index (χ1n) is 5.28. The number of halogens is 1. The first-order chi connectivity index (χ1) is 7.74. The molecule has 1 N–H and O–H groups in total. The van der Waals surface area contributed by atoms with Gasteiger partial charge in [-0.25, -0.2) is 0 Å². The smallest absolute Gasteiger partial charge is 0.0876 e. The van der Waals surface area contributed by atoms with Crippen molar-refractivity contribution in [2.24, 2.45) is 7.05 Å². The number of hydrogen-bond acceptors (Lipinski definition) is 4. The fraction of sp³-hybridized carbons (Fsp3) is 0.700. The van der Waals surface area contributed by atoms with E-state index < -0.39 is 0 Å². The highest BCUT2D eigenvalue weighted by atomic mass is 35.5. The van der Waals surface area contributed by atoms with Gasteiger partial charge in [0.25, 0.3) is 0 Å². The predicted octanol–water partition coefficient (Wildman–Crippen LogP) is 1.47. The normalized spacial score (nSPS) is 23.3.